The number of halogens is 1. The summed E-state index contributed by atoms with van der Waals surface area (Å²) in [5.41, 5.74) is 0. The molecule has 3 heteroatoms. The van der Waals surface area contributed by atoms with Gasteiger partial charge in [-0.05, 0) is 73.4 Å². The van der Waals surface area contributed by atoms with Crippen molar-refractivity contribution in [2.45, 2.75) is 25.7 Å². The fourth-order valence-corrected chi connectivity index (χ4v) is 2.59. The van der Waals surface area contributed by atoms with Gasteiger partial charge in [-0.25, -0.2) is 0 Å². The van der Waals surface area contributed by atoms with Gasteiger partial charge in [0.05, 0.1) is 11.1 Å². The Balaban J connectivity index is 1.58. The van der Waals surface area contributed by atoms with E-state index in [-0.39, 0.29) is 0 Å². The monoisotopic (exact) mass is 297 g/mol. The van der Waals surface area contributed by atoms with Gasteiger partial charge in [-0.1, -0.05) is 12.1 Å². The second-order valence-corrected chi connectivity index (χ2v) is 5.39. The number of rotatable bonds is 6. The molecule has 2 rings (SSSR count). The fraction of sp³-hybridized carbons (Fsp3) is 0.571. The van der Waals surface area contributed by atoms with E-state index in [2.05, 4.69) is 20.8 Å². The van der Waals surface area contributed by atoms with Crippen LogP contribution in [0.4, 0.5) is 0 Å². The molecule has 1 aliphatic rings. The third kappa shape index (κ3) is 4.32. The van der Waals surface area contributed by atoms with E-state index in [0.29, 0.717) is 0 Å². The van der Waals surface area contributed by atoms with Crippen LogP contribution in [0.3, 0.4) is 0 Å². The Kier molecular flexibility index (Phi) is 5.33. The Morgan fingerprint density at radius 1 is 1.12 bits per heavy atom. The summed E-state index contributed by atoms with van der Waals surface area (Å²) in [6.45, 7) is 4.64. The van der Waals surface area contributed by atoms with Crippen LogP contribution in [0.2, 0.25) is 0 Å². The summed E-state index contributed by atoms with van der Waals surface area (Å²) < 4.78 is 6.78. The number of likely N-dealkylation sites (tertiary alicyclic amines) is 1. The molecule has 2 nitrogen and oxygen atoms in total. The molecule has 1 fully saturated rings. The van der Waals surface area contributed by atoms with E-state index in [4.69, 9.17) is 4.74 Å². The maximum Gasteiger partial charge on any atom is 0.133 e. The number of unbranched alkanes of at least 4 members (excludes halogenated alkanes) is 1. The minimum absolute atomic E-state index is 0.816. The average Bonchev–Trinajstić information content (AvgIpc) is 2.84. The largest absolute Gasteiger partial charge is 0.492 e. The van der Waals surface area contributed by atoms with Crippen LogP contribution in [-0.4, -0.2) is 31.1 Å². The van der Waals surface area contributed by atoms with E-state index in [1.54, 1.807) is 0 Å². The second-order valence-electron chi connectivity index (χ2n) is 4.53. The zero-order valence-corrected chi connectivity index (χ0v) is 11.8. The first-order valence-corrected chi connectivity index (χ1v) is 7.25. The number of nitrogens with zero attached hydrogens (tertiary/aromatic N) is 1. The Hall–Kier alpha value is -0.540. The Morgan fingerprint density at radius 2 is 1.88 bits per heavy atom. The van der Waals surface area contributed by atoms with Crippen LogP contribution in [0.25, 0.3) is 0 Å². The van der Waals surface area contributed by atoms with Crippen molar-refractivity contribution in [2.24, 2.45) is 0 Å². The molecule has 0 aromatic heterocycles. The molecule has 0 spiro atoms. The predicted octanol–water partition coefficient (Wildman–Crippen LogP) is 3.70. The lowest BCUT2D eigenvalue weighted by molar-refractivity contribution is 0.278. The molecule has 0 radical (unpaired) electrons. The maximum absolute atomic E-state index is 5.74. The van der Waals surface area contributed by atoms with Crippen molar-refractivity contribution in [2.75, 3.05) is 26.2 Å². The van der Waals surface area contributed by atoms with E-state index >= 15 is 0 Å². The van der Waals surface area contributed by atoms with Gasteiger partial charge < -0.3 is 9.64 Å². The lowest BCUT2D eigenvalue weighted by Crippen LogP contribution is -2.20. The van der Waals surface area contributed by atoms with Crippen molar-refractivity contribution in [3.63, 3.8) is 0 Å². The summed E-state index contributed by atoms with van der Waals surface area (Å²) >= 11 is 3.49. The number of para-hydroxylation sites is 1. The van der Waals surface area contributed by atoms with Crippen molar-refractivity contribution >= 4 is 15.9 Å². The van der Waals surface area contributed by atoms with Crippen LogP contribution in [0, 0.1) is 0 Å². The lowest BCUT2D eigenvalue weighted by atomic mass is 10.3. The van der Waals surface area contributed by atoms with E-state index in [1.165, 1.54) is 38.9 Å². The standard InChI is InChI=1S/C14H20BrNO/c15-13-7-1-2-8-14(13)17-12-6-5-11-16-9-3-4-10-16/h1-2,7-8H,3-6,9-12H2. The van der Waals surface area contributed by atoms with Gasteiger partial charge in [0.2, 0.25) is 0 Å². The zero-order chi connectivity index (χ0) is 11.9. The highest BCUT2D eigenvalue weighted by molar-refractivity contribution is 9.10. The van der Waals surface area contributed by atoms with Crippen molar-refractivity contribution in [3.05, 3.63) is 28.7 Å². The van der Waals surface area contributed by atoms with Crippen molar-refractivity contribution < 1.29 is 4.74 Å². The Morgan fingerprint density at radius 3 is 2.65 bits per heavy atom. The molecule has 1 aromatic rings. The number of hydrogen-bond acceptors (Lipinski definition) is 2. The van der Waals surface area contributed by atoms with Crippen LogP contribution in [0.5, 0.6) is 5.75 Å². The maximum atomic E-state index is 5.74. The minimum atomic E-state index is 0.816. The smallest absolute Gasteiger partial charge is 0.133 e. The fourth-order valence-electron chi connectivity index (χ4n) is 2.19. The summed E-state index contributed by atoms with van der Waals surface area (Å²) in [7, 11) is 0. The molecule has 0 amide bonds. The second kappa shape index (κ2) is 7.02. The van der Waals surface area contributed by atoms with Crippen LogP contribution in [-0.2, 0) is 0 Å². The number of benzene rings is 1. The molecule has 0 bridgehead atoms. The van der Waals surface area contributed by atoms with Gasteiger partial charge in [-0.3, -0.25) is 0 Å². The molecule has 1 saturated heterocycles. The van der Waals surface area contributed by atoms with E-state index in [1.807, 2.05) is 24.3 Å². The van der Waals surface area contributed by atoms with Gasteiger partial charge in [0.25, 0.3) is 0 Å². The minimum Gasteiger partial charge on any atom is -0.492 e. The van der Waals surface area contributed by atoms with E-state index in [0.717, 1.165) is 23.2 Å². The Bertz CT molecular complexity index is 337. The van der Waals surface area contributed by atoms with Gasteiger partial charge in [0, 0.05) is 0 Å². The molecule has 0 unspecified atom stereocenters. The highest BCUT2D eigenvalue weighted by Crippen LogP contribution is 2.23. The van der Waals surface area contributed by atoms with Gasteiger partial charge in [-0.15, -0.1) is 0 Å². The molecule has 1 aliphatic heterocycles. The lowest BCUT2D eigenvalue weighted by Gasteiger charge is -2.14. The molecule has 0 atom stereocenters. The average molecular weight is 298 g/mol. The summed E-state index contributed by atoms with van der Waals surface area (Å²) in [6, 6.07) is 8.03. The van der Waals surface area contributed by atoms with Gasteiger partial charge in [0.1, 0.15) is 5.75 Å². The first kappa shape index (κ1) is 12.9. The molecular weight excluding hydrogens is 278 g/mol. The Labute approximate surface area is 112 Å². The highest BCUT2D eigenvalue weighted by atomic mass is 79.9. The van der Waals surface area contributed by atoms with E-state index in [9.17, 15) is 0 Å². The predicted molar refractivity (Wildman–Crippen MR) is 74.5 cm³/mol. The molecule has 94 valence electrons. The SMILES string of the molecule is Brc1ccccc1OCCCCN1CCCC1. The summed E-state index contributed by atoms with van der Waals surface area (Å²) in [6.07, 6.45) is 5.14. The van der Waals surface area contributed by atoms with Crippen molar-refractivity contribution in [3.8, 4) is 5.75 Å². The normalized spacial score (nSPS) is 16.3. The molecule has 0 N–H and O–H groups in total. The summed E-state index contributed by atoms with van der Waals surface area (Å²) in [5, 5.41) is 0. The number of hydrogen-bond donors (Lipinski definition) is 0. The summed E-state index contributed by atoms with van der Waals surface area (Å²) in [5.74, 6) is 0.952. The molecule has 0 aliphatic carbocycles. The van der Waals surface area contributed by atoms with Crippen LogP contribution in [0.1, 0.15) is 25.7 Å². The van der Waals surface area contributed by atoms with E-state index < -0.39 is 0 Å². The van der Waals surface area contributed by atoms with Gasteiger partial charge in [0.15, 0.2) is 0 Å². The third-order valence-corrected chi connectivity index (χ3v) is 3.82. The molecule has 1 aromatic carbocycles. The number of ether oxygens (including phenoxy) is 1. The molecule has 0 saturated carbocycles. The van der Waals surface area contributed by atoms with Gasteiger partial charge >= 0.3 is 0 Å². The first-order chi connectivity index (χ1) is 8.36. The zero-order valence-electron chi connectivity index (χ0n) is 10.2. The van der Waals surface area contributed by atoms with Crippen LogP contribution >= 0.6 is 15.9 Å². The van der Waals surface area contributed by atoms with Gasteiger partial charge in [-0.2, -0.15) is 0 Å². The quantitative estimate of drug-likeness (QED) is 0.742. The summed E-state index contributed by atoms with van der Waals surface area (Å²) in [4.78, 5) is 2.55. The highest BCUT2D eigenvalue weighted by Gasteiger charge is 2.10. The molecule has 17 heavy (non-hydrogen) atoms. The molecular formula is C14H20BrNO. The third-order valence-electron chi connectivity index (χ3n) is 3.16. The topological polar surface area (TPSA) is 12.5 Å². The van der Waals surface area contributed by atoms with Crippen LogP contribution in [0.15, 0.2) is 28.7 Å². The molecule has 1 heterocycles. The first-order valence-electron chi connectivity index (χ1n) is 6.46. The van der Waals surface area contributed by atoms with Crippen LogP contribution < -0.4 is 4.74 Å². The van der Waals surface area contributed by atoms with Crippen molar-refractivity contribution in [1.82, 2.24) is 4.90 Å². The van der Waals surface area contributed by atoms with Crippen molar-refractivity contribution in [1.29, 1.82) is 0 Å².